The Morgan fingerprint density at radius 2 is 1.84 bits per heavy atom. The number of ether oxygens (including phenoxy) is 1. The number of pyridine rings is 1. The average Bonchev–Trinajstić information content (AvgIpc) is 3.54. The third-order valence-electron chi connectivity index (χ3n) is 5.78. The van der Waals surface area contributed by atoms with E-state index in [-0.39, 0.29) is 18.6 Å². The van der Waals surface area contributed by atoms with Gasteiger partial charge < -0.3 is 9.64 Å². The van der Waals surface area contributed by atoms with Gasteiger partial charge in [0.05, 0.1) is 22.8 Å². The van der Waals surface area contributed by atoms with Crippen molar-refractivity contribution >= 4 is 34.1 Å². The summed E-state index contributed by atoms with van der Waals surface area (Å²) in [5.41, 5.74) is 2.74. The fourth-order valence-electron chi connectivity index (χ4n) is 4.23. The van der Waals surface area contributed by atoms with Crippen LogP contribution in [0, 0.1) is 0 Å². The molecule has 0 N–H and O–H groups in total. The number of hydrogen-bond acceptors (Lipinski definition) is 5. The fourth-order valence-corrected chi connectivity index (χ4v) is 5.10. The quantitative estimate of drug-likeness (QED) is 0.384. The Hall–Kier alpha value is -3.51. The van der Waals surface area contributed by atoms with Gasteiger partial charge in [0.25, 0.3) is 5.91 Å². The second-order valence-corrected chi connectivity index (χ2v) is 8.75. The monoisotopic (exact) mass is 442 g/mol. The zero-order valence-corrected chi connectivity index (χ0v) is 18.3. The van der Waals surface area contributed by atoms with Crippen molar-refractivity contribution in [3.8, 4) is 11.3 Å². The van der Waals surface area contributed by atoms with Crippen LogP contribution in [0.4, 0.5) is 0 Å². The van der Waals surface area contributed by atoms with Gasteiger partial charge in [-0.3, -0.25) is 4.79 Å². The molecule has 1 saturated heterocycles. The number of nitrogens with zero attached hydrogens (tertiary/aromatic N) is 2. The lowest BCUT2D eigenvalue weighted by Gasteiger charge is -2.23. The lowest BCUT2D eigenvalue weighted by atomic mass is 10.0. The first-order valence-electron chi connectivity index (χ1n) is 10.7. The van der Waals surface area contributed by atoms with Gasteiger partial charge in [-0.25, -0.2) is 9.78 Å². The number of amides is 1. The van der Waals surface area contributed by atoms with E-state index in [0.717, 1.165) is 18.4 Å². The highest BCUT2D eigenvalue weighted by Gasteiger charge is 2.31. The van der Waals surface area contributed by atoms with Crippen LogP contribution in [0.3, 0.4) is 0 Å². The molecular formula is C26H22N2O3S. The van der Waals surface area contributed by atoms with Crippen molar-refractivity contribution < 1.29 is 14.3 Å². The molecule has 5 nitrogen and oxygen atoms in total. The van der Waals surface area contributed by atoms with Gasteiger partial charge in [-0.1, -0.05) is 54.6 Å². The smallest absolute Gasteiger partial charge is 0.339 e. The Kier molecular flexibility index (Phi) is 5.69. The molecule has 0 aliphatic carbocycles. The number of aromatic nitrogens is 1. The highest BCUT2D eigenvalue weighted by atomic mass is 32.1. The molecule has 2 aromatic heterocycles. The lowest BCUT2D eigenvalue weighted by molar-refractivity contribution is -0.135. The summed E-state index contributed by atoms with van der Waals surface area (Å²) in [6, 6.07) is 23.1. The van der Waals surface area contributed by atoms with Gasteiger partial charge in [0.1, 0.15) is 0 Å². The summed E-state index contributed by atoms with van der Waals surface area (Å²) in [6.07, 6.45) is 1.90. The van der Waals surface area contributed by atoms with Crippen molar-refractivity contribution in [3.05, 3.63) is 88.6 Å². The topological polar surface area (TPSA) is 59.5 Å². The van der Waals surface area contributed by atoms with E-state index >= 15 is 0 Å². The van der Waals surface area contributed by atoms with Crippen LogP contribution in [0.5, 0.6) is 0 Å². The van der Waals surface area contributed by atoms with Crippen LogP contribution in [0.1, 0.15) is 34.1 Å². The standard InChI is InChI=1S/C26H22N2O3S/c29-25(28-14-6-12-23(28)24-13-7-15-32-24)17-31-26(30)20-16-22(18-8-2-1-3-9-18)27-21-11-5-4-10-19(20)21/h1-5,7-11,13,15-16,23H,6,12,14,17H2. The maximum absolute atomic E-state index is 13.1. The molecular weight excluding hydrogens is 420 g/mol. The zero-order chi connectivity index (χ0) is 21.9. The molecule has 1 unspecified atom stereocenters. The molecule has 1 aliphatic heterocycles. The molecule has 1 atom stereocenters. The Labute approximate surface area is 190 Å². The number of fused-ring (bicyclic) bond motifs is 1. The van der Waals surface area contributed by atoms with Gasteiger partial charge in [-0.05, 0) is 36.4 Å². The largest absolute Gasteiger partial charge is 0.452 e. The van der Waals surface area contributed by atoms with Gasteiger partial charge in [-0.2, -0.15) is 0 Å². The second kappa shape index (κ2) is 8.93. The predicted molar refractivity (Wildman–Crippen MR) is 125 cm³/mol. The maximum Gasteiger partial charge on any atom is 0.339 e. The number of esters is 1. The van der Waals surface area contributed by atoms with Crippen LogP contribution < -0.4 is 0 Å². The summed E-state index contributed by atoms with van der Waals surface area (Å²) in [7, 11) is 0. The molecule has 1 aliphatic rings. The van der Waals surface area contributed by atoms with E-state index in [9.17, 15) is 9.59 Å². The second-order valence-electron chi connectivity index (χ2n) is 7.77. The third-order valence-corrected chi connectivity index (χ3v) is 6.75. The van der Waals surface area contributed by atoms with Crippen LogP contribution in [-0.4, -0.2) is 34.9 Å². The maximum atomic E-state index is 13.1. The Morgan fingerprint density at radius 3 is 2.66 bits per heavy atom. The molecule has 32 heavy (non-hydrogen) atoms. The number of likely N-dealkylation sites (tertiary alicyclic amines) is 1. The molecule has 1 fully saturated rings. The van der Waals surface area contributed by atoms with Crippen molar-refractivity contribution in [2.24, 2.45) is 0 Å². The molecule has 0 bridgehead atoms. The SMILES string of the molecule is O=C(OCC(=O)N1CCCC1c1cccs1)c1cc(-c2ccccc2)nc2ccccc12. The van der Waals surface area contributed by atoms with E-state index in [1.807, 2.05) is 70.9 Å². The van der Waals surface area contributed by atoms with E-state index in [0.29, 0.717) is 28.7 Å². The van der Waals surface area contributed by atoms with Crippen LogP contribution in [0.15, 0.2) is 78.2 Å². The van der Waals surface area contributed by atoms with Crippen molar-refractivity contribution in [2.75, 3.05) is 13.2 Å². The lowest BCUT2D eigenvalue weighted by Crippen LogP contribution is -2.34. The van der Waals surface area contributed by atoms with Gasteiger partial charge in [0, 0.05) is 22.4 Å². The first kappa shape index (κ1) is 20.4. The molecule has 2 aromatic carbocycles. The van der Waals surface area contributed by atoms with Crippen molar-refractivity contribution in [1.82, 2.24) is 9.88 Å². The van der Waals surface area contributed by atoms with E-state index in [2.05, 4.69) is 6.07 Å². The Balaban J connectivity index is 1.37. The number of carbonyl (C=O) groups is 2. The number of benzene rings is 2. The molecule has 160 valence electrons. The summed E-state index contributed by atoms with van der Waals surface area (Å²) >= 11 is 1.65. The minimum Gasteiger partial charge on any atom is -0.452 e. The third kappa shape index (κ3) is 4.01. The normalized spacial score (nSPS) is 15.8. The number of carbonyl (C=O) groups excluding carboxylic acids is 2. The van der Waals surface area contributed by atoms with E-state index in [1.165, 1.54) is 4.88 Å². The van der Waals surface area contributed by atoms with Crippen LogP contribution in [-0.2, 0) is 9.53 Å². The predicted octanol–water partition coefficient (Wildman–Crippen LogP) is 5.48. The average molecular weight is 443 g/mol. The number of para-hydroxylation sites is 1. The van der Waals surface area contributed by atoms with Gasteiger partial charge in [0.2, 0.25) is 0 Å². The number of thiophene rings is 1. The van der Waals surface area contributed by atoms with E-state index < -0.39 is 5.97 Å². The summed E-state index contributed by atoms with van der Waals surface area (Å²) in [4.78, 5) is 33.6. The van der Waals surface area contributed by atoms with Gasteiger partial charge in [-0.15, -0.1) is 11.3 Å². The first-order chi connectivity index (χ1) is 15.7. The molecule has 3 heterocycles. The Morgan fingerprint density at radius 1 is 1.03 bits per heavy atom. The molecule has 0 saturated carbocycles. The highest BCUT2D eigenvalue weighted by molar-refractivity contribution is 7.10. The molecule has 0 spiro atoms. The van der Waals surface area contributed by atoms with Crippen LogP contribution >= 0.6 is 11.3 Å². The van der Waals surface area contributed by atoms with Crippen LogP contribution in [0.25, 0.3) is 22.2 Å². The van der Waals surface area contributed by atoms with E-state index in [1.54, 1.807) is 17.4 Å². The van der Waals surface area contributed by atoms with Crippen LogP contribution in [0.2, 0.25) is 0 Å². The summed E-state index contributed by atoms with van der Waals surface area (Å²) < 4.78 is 5.51. The van der Waals surface area contributed by atoms with Gasteiger partial charge in [0.15, 0.2) is 6.61 Å². The molecule has 6 heteroatoms. The molecule has 5 rings (SSSR count). The highest BCUT2D eigenvalue weighted by Crippen LogP contribution is 2.34. The molecule has 1 amide bonds. The summed E-state index contributed by atoms with van der Waals surface area (Å²) in [6.45, 7) is 0.424. The molecule has 4 aromatic rings. The fraction of sp³-hybridized carbons (Fsp3) is 0.192. The number of hydrogen-bond donors (Lipinski definition) is 0. The number of rotatable bonds is 5. The van der Waals surface area contributed by atoms with Crippen molar-refractivity contribution in [3.63, 3.8) is 0 Å². The first-order valence-corrected chi connectivity index (χ1v) is 11.5. The van der Waals surface area contributed by atoms with Crippen molar-refractivity contribution in [1.29, 1.82) is 0 Å². The zero-order valence-electron chi connectivity index (χ0n) is 17.4. The minimum atomic E-state index is -0.513. The van der Waals surface area contributed by atoms with E-state index in [4.69, 9.17) is 9.72 Å². The van der Waals surface area contributed by atoms with Gasteiger partial charge >= 0.3 is 5.97 Å². The minimum absolute atomic E-state index is 0.0765. The molecule has 0 radical (unpaired) electrons. The van der Waals surface area contributed by atoms with Crippen molar-refractivity contribution in [2.45, 2.75) is 18.9 Å². The Bertz CT molecular complexity index is 1250. The summed E-state index contributed by atoms with van der Waals surface area (Å²) in [5.74, 6) is -0.670. The summed E-state index contributed by atoms with van der Waals surface area (Å²) in [5, 5.41) is 2.73.